The van der Waals surface area contributed by atoms with Crippen molar-refractivity contribution in [2.45, 2.75) is 5.92 Å². The number of hydrogen-bond acceptors (Lipinski definition) is 4. The molecule has 0 spiro atoms. The van der Waals surface area contributed by atoms with Crippen molar-refractivity contribution >= 4 is 0 Å². The van der Waals surface area contributed by atoms with Crippen molar-refractivity contribution in [1.82, 2.24) is 15.2 Å². The molecule has 0 radical (unpaired) electrons. The lowest BCUT2D eigenvalue weighted by Gasteiger charge is -2.17. The maximum absolute atomic E-state index is 9.37. The highest BCUT2D eigenvalue weighted by Crippen LogP contribution is 2.33. The van der Waals surface area contributed by atoms with Gasteiger partial charge in [-0.15, -0.1) is 0 Å². The molecule has 2 aromatic carbocycles. The molecular formula is C17H11N5. The third-order valence-corrected chi connectivity index (χ3v) is 3.48. The topological polar surface area (TPSA) is 89.2 Å². The van der Waals surface area contributed by atoms with Gasteiger partial charge >= 0.3 is 0 Å². The van der Waals surface area contributed by atoms with Gasteiger partial charge in [-0.2, -0.15) is 15.6 Å². The van der Waals surface area contributed by atoms with Crippen LogP contribution in [0.5, 0.6) is 0 Å². The number of aromatic nitrogens is 3. The first kappa shape index (κ1) is 13.5. The van der Waals surface area contributed by atoms with Crippen molar-refractivity contribution in [3.8, 4) is 12.1 Å². The third kappa shape index (κ3) is 2.32. The van der Waals surface area contributed by atoms with E-state index in [9.17, 15) is 10.5 Å². The molecule has 0 saturated heterocycles. The molecule has 0 saturated carbocycles. The molecule has 0 unspecified atom stereocenters. The Morgan fingerprint density at radius 1 is 0.864 bits per heavy atom. The Morgan fingerprint density at radius 2 is 1.41 bits per heavy atom. The van der Waals surface area contributed by atoms with Gasteiger partial charge < -0.3 is 0 Å². The number of benzene rings is 2. The summed E-state index contributed by atoms with van der Waals surface area (Å²) in [5, 5.41) is 25.6. The fourth-order valence-electron chi connectivity index (χ4n) is 2.50. The average molecular weight is 285 g/mol. The minimum Gasteiger partial charge on any atom is -0.266 e. The molecule has 0 fully saturated rings. The van der Waals surface area contributed by atoms with Gasteiger partial charge in [-0.1, -0.05) is 36.4 Å². The molecule has 22 heavy (non-hydrogen) atoms. The van der Waals surface area contributed by atoms with Crippen molar-refractivity contribution in [3.05, 3.63) is 82.9 Å². The van der Waals surface area contributed by atoms with Crippen LogP contribution in [0.4, 0.5) is 0 Å². The van der Waals surface area contributed by atoms with E-state index >= 15 is 0 Å². The summed E-state index contributed by atoms with van der Waals surface area (Å²) in [5.41, 5.74) is 2.66. The number of rotatable bonds is 3. The lowest BCUT2D eigenvalue weighted by molar-refractivity contribution is 0.856. The molecule has 0 aliphatic carbocycles. The molecule has 104 valence electrons. The first-order valence-electron chi connectivity index (χ1n) is 6.69. The Bertz CT molecular complexity index is 811. The quantitative estimate of drug-likeness (QED) is 0.801. The summed E-state index contributed by atoms with van der Waals surface area (Å²) in [7, 11) is 0. The van der Waals surface area contributed by atoms with Crippen LogP contribution >= 0.6 is 0 Å². The van der Waals surface area contributed by atoms with Crippen LogP contribution in [-0.4, -0.2) is 15.2 Å². The normalized spacial score (nSPS) is 10.1. The summed E-state index contributed by atoms with van der Waals surface area (Å²) in [5.74, 6) is 0.170. The summed E-state index contributed by atoms with van der Waals surface area (Å²) in [6, 6.07) is 19.0. The lowest BCUT2D eigenvalue weighted by Crippen LogP contribution is -2.09. The zero-order valence-corrected chi connectivity index (χ0v) is 11.6. The van der Waals surface area contributed by atoms with E-state index in [1.165, 1.54) is 6.33 Å². The van der Waals surface area contributed by atoms with Crippen molar-refractivity contribution in [2.75, 3.05) is 0 Å². The summed E-state index contributed by atoms with van der Waals surface area (Å²) >= 11 is 0. The van der Waals surface area contributed by atoms with Gasteiger partial charge in [-0.25, -0.2) is 4.98 Å². The standard InChI is InChI=1S/C17H11N5/c18-9-12-5-1-3-7-14(12)16(17-20-11-21-22-17)15-8-4-2-6-13(15)10-19/h1-8,11,16H,(H,20,21,22). The Labute approximate surface area is 127 Å². The Hall–Kier alpha value is -3.44. The van der Waals surface area contributed by atoms with Crippen LogP contribution in [0.2, 0.25) is 0 Å². The number of nitriles is 2. The molecule has 1 heterocycles. The lowest BCUT2D eigenvalue weighted by atomic mass is 9.85. The maximum atomic E-state index is 9.37. The molecule has 1 N–H and O–H groups in total. The zero-order valence-electron chi connectivity index (χ0n) is 11.6. The molecule has 0 aliphatic rings. The van der Waals surface area contributed by atoms with Gasteiger partial charge in [0.2, 0.25) is 0 Å². The number of H-pyrrole nitrogens is 1. The Balaban J connectivity index is 2.27. The molecule has 3 rings (SSSR count). The highest BCUT2D eigenvalue weighted by molar-refractivity contribution is 5.52. The molecule has 5 nitrogen and oxygen atoms in total. The van der Waals surface area contributed by atoms with Crippen LogP contribution in [0.25, 0.3) is 0 Å². The molecule has 1 aromatic heterocycles. The molecule has 5 heteroatoms. The highest BCUT2D eigenvalue weighted by Gasteiger charge is 2.25. The minimum absolute atomic E-state index is 0.363. The maximum Gasteiger partial charge on any atom is 0.162 e. The predicted octanol–water partition coefficient (Wildman–Crippen LogP) is 2.73. The van der Waals surface area contributed by atoms with Crippen LogP contribution in [0, 0.1) is 22.7 Å². The van der Waals surface area contributed by atoms with Crippen molar-refractivity contribution in [1.29, 1.82) is 10.5 Å². The molecule has 0 atom stereocenters. The van der Waals surface area contributed by atoms with Crippen LogP contribution in [-0.2, 0) is 0 Å². The van der Waals surface area contributed by atoms with E-state index in [2.05, 4.69) is 27.3 Å². The SMILES string of the molecule is N#Cc1ccccc1C(c1nc[nH]n1)c1ccccc1C#N. The minimum atomic E-state index is -0.363. The van der Waals surface area contributed by atoms with E-state index in [1.807, 2.05) is 36.4 Å². The summed E-state index contributed by atoms with van der Waals surface area (Å²) in [6.45, 7) is 0. The smallest absolute Gasteiger partial charge is 0.162 e. The first-order valence-corrected chi connectivity index (χ1v) is 6.69. The Kier molecular flexibility index (Phi) is 3.63. The van der Waals surface area contributed by atoms with Crippen molar-refractivity contribution in [2.24, 2.45) is 0 Å². The number of nitrogens with one attached hydrogen (secondary N) is 1. The zero-order chi connectivity index (χ0) is 15.4. The Morgan fingerprint density at radius 3 is 1.86 bits per heavy atom. The van der Waals surface area contributed by atoms with Gasteiger partial charge in [0.1, 0.15) is 6.33 Å². The highest BCUT2D eigenvalue weighted by atomic mass is 15.2. The van der Waals surface area contributed by atoms with Crippen LogP contribution in [0.15, 0.2) is 54.9 Å². The van der Waals surface area contributed by atoms with Gasteiger partial charge in [0.15, 0.2) is 5.82 Å². The van der Waals surface area contributed by atoms with E-state index in [-0.39, 0.29) is 5.92 Å². The van der Waals surface area contributed by atoms with Gasteiger partial charge in [-0.05, 0) is 23.3 Å². The molecule has 3 aromatic rings. The van der Waals surface area contributed by atoms with Crippen LogP contribution < -0.4 is 0 Å². The van der Waals surface area contributed by atoms with Gasteiger partial charge in [0.05, 0.1) is 29.2 Å². The monoisotopic (exact) mass is 285 g/mol. The second-order valence-corrected chi connectivity index (χ2v) is 4.69. The number of nitrogens with zero attached hydrogens (tertiary/aromatic N) is 4. The first-order chi connectivity index (χ1) is 10.8. The summed E-state index contributed by atoms with van der Waals surface area (Å²) < 4.78 is 0. The van der Waals surface area contributed by atoms with Gasteiger partial charge in [0, 0.05) is 0 Å². The fraction of sp³-hybridized carbons (Fsp3) is 0.0588. The summed E-state index contributed by atoms with van der Waals surface area (Å²) in [6.07, 6.45) is 1.49. The number of hydrogen-bond donors (Lipinski definition) is 1. The summed E-state index contributed by atoms with van der Waals surface area (Å²) in [4.78, 5) is 4.23. The molecule has 0 amide bonds. The van der Waals surface area contributed by atoms with E-state index in [1.54, 1.807) is 12.1 Å². The molecule has 0 aliphatic heterocycles. The second kappa shape index (κ2) is 5.90. The fourth-order valence-corrected chi connectivity index (χ4v) is 2.50. The predicted molar refractivity (Wildman–Crippen MR) is 79.6 cm³/mol. The van der Waals surface area contributed by atoms with Gasteiger partial charge in [0.25, 0.3) is 0 Å². The van der Waals surface area contributed by atoms with Gasteiger partial charge in [-0.3, -0.25) is 5.10 Å². The number of aromatic amines is 1. The van der Waals surface area contributed by atoms with Crippen LogP contribution in [0.3, 0.4) is 0 Å². The van der Waals surface area contributed by atoms with E-state index in [0.717, 1.165) is 11.1 Å². The molecule has 0 bridgehead atoms. The van der Waals surface area contributed by atoms with Crippen molar-refractivity contribution < 1.29 is 0 Å². The molecular weight excluding hydrogens is 274 g/mol. The van der Waals surface area contributed by atoms with Crippen molar-refractivity contribution in [3.63, 3.8) is 0 Å². The van der Waals surface area contributed by atoms with Crippen LogP contribution in [0.1, 0.15) is 34.0 Å². The second-order valence-electron chi connectivity index (χ2n) is 4.69. The van der Waals surface area contributed by atoms with E-state index < -0.39 is 0 Å². The van der Waals surface area contributed by atoms with E-state index in [4.69, 9.17) is 0 Å². The largest absolute Gasteiger partial charge is 0.266 e. The average Bonchev–Trinajstić information content (AvgIpc) is 3.10. The third-order valence-electron chi connectivity index (χ3n) is 3.48. The van der Waals surface area contributed by atoms with E-state index in [0.29, 0.717) is 17.0 Å².